The summed E-state index contributed by atoms with van der Waals surface area (Å²) < 4.78 is 0. The van der Waals surface area contributed by atoms with E-state index < -0.39 is 0 Å². The number of nitrogens with one attached hydrogen (secondary N) is 1. The molecule has 1 atom stereocenters. The summed E-state index contributed by atoms with van der Waals surface area (Å²) in [6.45, 7) is 3.92. The molecule has 0 radical (unpaired) electrons. The van der Waals surface area contributed by atoms with Crippen LogP contribution >= 0.6 is 34.8 Å². The van der Waals surface area contributed by atoms with Crippen LogP contribution in [0.3, 0.4) is 0 Å². The Morgan fingerprint density at radius 3 is 2.53 bits per heavy atom. The van der Waals surface area contributed by atoms with Gasteiger partial charge in [0, 0.05) is 0 Å². The molecule has 2 nitrogen and oxygen atoms in total. The first-order valence-corrected chi connectivity index (χ1v) is 6.96. The number of halogens is 3. The molecule has 0 bridgehead atoms. The van der Waals surface area contributed by atoms with Gasteiger partial charge in [0.1, 0.15) is 5.15 Å². The van der Waals surface area contributed by atoms with Crippen LogP contribution in [0.25, 0.3) is 0 Å². The number of nitrogens with zero attached hydrogens (tertiary/aromatic N) is 1. The Morgan fingerprint density at radius 2 is 1.84 bits per heavy atom. The van der Waals surface area contributed by atoms with E-state index in [-0.39, 0.29) is 6.04 Å². The zero-order valence-corrected chi connectivity index (χ0v) is 12.8. The summed E-state index contributed by atoms with van der Waals surface area (Å²) in [4.78, 5) is 4.20. The molecule has 0 aliphatic heterocycles. The second kappa shape index (κ2) is 6.00. The van der Waals surface area contributed by atoms with Gasteiger partial charge in [-0.25, -0.2) is 4.98 Å². The fourth-order valence-electron chi connectivity index (χ4n) is 1.85. The van der Waals surface area contributed by atoms with Crippen LogP contribution in [0.2, 0.25) is 15.2 Å². The lowest BCUT2D eigenvalue weighted by atomic mass is 10.1. The minimum Gasteiger partial charge on any atom is -0.377 e. The molecule has 0 amide bonds. The molecule has 0 aliphatic rings. The summed E-state index contributed by atoms with van der Waals surface area (Å²) in [5.41, 5.74) is 2.72. The molecule has 1 aromatic heterocycles. The highest BCUT2D eigenvalue weighted by Crippen LogP contribution is 2.32. The highest BCUT2D eigenvalue weighted by molar-refractivity contribution is 6.42. The van der Waals surface area contributed by atoms with Gasteiger partial charge in [0.05, 0.1) is 27.5 Å². The van der Waals surface area contributed by atoms with Gasteiger partial charge in [-0.05, 0) is 37.6 Å². The standard InChI is InChI=1S/C14H13Cl3N2/c1-8(10-4-3-5-11(15)14(10)17)18-12-6-7-13(16)19-9(12)2/h3-8,18H,1-2H3. The quantitative estimate of drug-likeness (QED) is 0.754. The van der Waals surface area contributed by atoms with E-state index in [1.807, 2.05) is 32.0 Å². The van der Waals surface area contributed by atoms with Crippen LogP contribution in [0.1, 0.15) is 24.2 Å². The minimum absolute atomic E-state index is 0.0212. The van der Waals surface area contributed by atoms with Crippen LogP contribution in [-0.2, 0) is 0 Å². The van der Waals surface area contributed by atoms with Crippen LogP contribution in [0.15, 0.2) is 30.3 Å². The lowest BCUT2D eigenvalue weighted by molar-refractivity contribution is 0.879. The molecule has 19 heavy (non-hydrogen) atoms. The zero-order chi connectivity index (χ0) is 14.0. The van der Waals surface area contributed by atoms with Gasteiger partial charge in [-0.1, -0.05) is 46.9 Å². The Labute approximate surface area is 127 Å². The second-order valence-electron chi connectivity index (χ2n) is 4.28. The van der Waals surface area contributed by atoms with E-state index in [1.54, 1.807) is 12.1 Å². The molecule has 5 heteroatoms. The van der Waals surface area contributed by atoms with Crippen LogP contribution in [-0.4, -0.2) is 4.98 Å². The van der Waals surface area contributed by atoms with E-state index in [9.17, 15) is 0 Å². The molecular formula is C14H13Cl3N2. The van der Waals surface area contributed by atoms with E-state index in [0.29, 0.717) is 15.2 Å². The summed E-state index contributed by atoms with van der Waals surface area (Å²) in [6.07, 6.45) is 0. The third kappa shape index (κ3) is 3.33. The Hall–Kier alpha value is -0.960. The van der Waals surface area contributed by atoms with Gasteiger partial charge in [0.15, 0.2) is 0 Å². The van der Waals surface area contributed by atoms with Crippen LogP contribution in [0.5, 0.6) is 0 Å². The predicted octanol–water partition coefficient (Wildman–Crippen LogP) is 5.52. The Balaban J connectivity index is 2.25. The fraction of sp³-hybridized carbons (Fsp3) is 0.214. The molecule has 100 valence electrons. The largest absolute Gasteiger partial charge is 0.377 e. The normalized spacial score (nSPS) is 12.3. The Bertz CT molecular complexity index is 599. The summed E-state index contributed by atoms with van der Waals surface area (Å²) in [7, 11) is 0. The van der Waals surface area contributed by atoms with Crippen molar-refractivity contribution in [1.29, 1.82) is 0 Å². The van der Waals surface area contributed by atoms with Crippen LogP contribution in [0.4, 0.5) is 5.69 Å². The lowest BCUT2D eigenvalue weighted by Gasteiger charge is -2.18. The van der Waals surface area contributed by atoms with Crippen molar-refractivity contribution in [2.75, 3.05) is 5.32 Å². The number of hydrogen-bond acceptors (Lipinski definition) is 2. The van der Waals surface area contributed by atoms with Crippen molar-refractivity contribution in [3.63, 3.8) is 0 Å². The Morgan fingerprint density at radius 1 is 1.11 bits per heavy atom. The highest BCUT2D eigenvalue weighted by atomic mass is 35.5. The maximum Gasteiger partial charge on any atom is 0.129 e. The van der Waals surface area contributed by atoms with Crippen molar-refractivity contribution in [2.45, 2.75) is 19.9 Å². The van der Waals surface area contributed by atoms with Crippen molar-refractivity contribution in [3.05, 3.63) is 56.8 Å². The molecule has 0 saturated heterocycles. The van der Waals surface area contributed by atoms with Gasteiger partial charge >= 0.3 is 0 Å². The monoisotopic (exact) mass is 314 g/mol. The van der Waals surface area contributed by atoms with Crippen molar-refractivity contribution in [3.8, 4) is 0 Å². The fourth-order valence-corrected chi connectivity index (χ4v) is 2.51. The molecule has 0 saturated carbocycles. The summed E-state index contributed by atoms with van der Waals surface area (Å²) >= 11 is 18.1. The Kier molecular flexibility index (Phi) is 4.56. The van der Waals surface area contributed by atoms with Gasteiger partial charge in [-0.15, -0.1) is 0 Å². The average Bonchev–Trinajstić information content (AvgIpc) is 2.36. The number of rotatable bonds is 3. The van der Waals surface area contributed by atoms with Gasteiger partial charge in [0.2, 0.25) is 0 Å². The van der Waals surface area contributed by atoms with Crippen molar-refractivity contribution >= 4 is 40.5 Å². The van der Waals surface area contributed by atoms with E-state index in [0.717, 1.165) is 16.9 Å². The zero-order valence-electron chi connectivity index (χ0n) is 10.5. The summed E-state index contributed by atoms with van der Waals surface area (Å²) in [6, 6.07) is 9.28. The van der Waals surface area contributed by atoms with Gasteiger partial charge in [-0.3, -0.25) is 0 Å². The third-order valence-corrected chi connectivity index (χ3v) is 3.92. The minimum atomic E-state index is 0.0212. The first kappa shape index (κ1) is 14.4. The molecule has 2 aromatic rings. The number of benzene rings is 1. The second-order valence-corrected chi connectivity index (χ2v) is 5.45. The topological polar surface area (TPSA) is 24.9 Å². The molecule has 1 heterocycles. The van der Waals surface area contributed by atoms with Gasteiger partial charge in [0.25, 0.3) is 0 Å². The number of aryl methyl sites for hydroxylation is 1. The summed E-state index contributed by atoms with van der Waals surface area (Å²) in [5, 5.41) is 4.97. The average molecular weight is 316 g/mol. The van der Waals surface area contributed by atoms with Crippen LogP contribution in [0, 0.1) is 6.92 Å². The van der Waals surface area contributed by atoms with E-state index in [1.165, 1.54) is 0 Å². The van der Waals surface area contributed by atoms with Gasteiger partial charge < -0.3 is 5.32 Å². The predicted molar refractivity (Wildman–Crippen MR) is 82.5 cm³/mol. The maximum absolute atomic E-state index is 6.21. The van der Waals surface area contributed by atoms with E-state index in [2.05, 4.69) is 10.3 Å². The molecule has 0 aliphatic carbocycles. The molecule has 1 aromatic carbocycles. The van der Waals surface area contributed by atoms with E-state index in [4.69, 9.17) is 34.8 Å². The van der Waals surface area contributed by atoms with E-state index >= 15 is 0 Å². The molecule has 2 rings (SSSR count). The molecular weight excluding hydrogens is 303 g/mol. The summed E-state index contributed by atoms with van der Waals surface area (Å²) in [5.74, 6) is 0. The maximum atomic E-state index is 6.21. The molecule has 1 N–H and O–H groups in total. The molecule has 1 unspecified atom stereocenters. The van der Waals surface area contributed by atoms with Gasteiger partial charge in [-0.2, -0.15) is 0 Å². The SMILES string of the molecule is Cc1nc(Cl)ccc1NC(C)c1cccc(Cl)c1Cl. The third-order valence-electron chi connectivity index (χ3n) is 2.87. The first-order chi connectivity index (χ1) is 8.99. The van der Waals surface area contributed by atoms with Crippen molar-refractivity contribution < 1.29 is 0 Å². The molecule has 0 spiro atoms. The highest BCUT2D eigenvalue weighted by Gasteiger charge is 2.13. The number of aromatic nitrogens is 1. The van der Waals surface area contributed by atoms with Crippen molar-refractivity contribution in [1.82, 2.24) is 4.98 Å². The van der Waals surface area contributed by atoms with Crippen molar-refractivity contribution in [2.24, 2.45) is 0 Å². The smallest absolute Gasteiger partial charge is 0.129 e. The number of hydrogen-bond donors (Lipinski definition) is 1. The first-order valence-electron chi connectivity index (χ1n) is 5.82. The number of anilines is 1. The lowest BCUT2D eigenvalue weighted by Crippen LogP contribution is -2.09. The molecule has 0 fully saturated rings. The number of pyridine rings is 1. The van der Waals surface area contributed by atoms with Crippen LogP contribution < -0.4 is 5.32 Å².